The minimum absolute atomic E-state index is 0.217. The molecule has 1 nitrogen and oxygen atoms in total. The second-order valence-electron chi connectivity index (χ2n) is 5.42. The van der Waals surface area contributed by atoms with Crippen molar-refractivity contribution in [3.8, 4) is 0 Å². The Labute approximate surface area is 106 Å². The lowest BCUT2D eigenvalue weighted by Gasteiger charge is -2.33. The number of hydrogen-bond acceptors (Lipinski definition) is 2. The summed E-state index contributed by atoms with van der Waals surface area (Å²) in [5.41, 5.74) is 7.86. The normalized spacial score (nSPS) is 24.2. The van der Waals surface area contributed by atoms with E-state index in [4.69, 9.17) is 17.3 Å². The Hall–Kier alpha value is -0.310. The van der Waals surface area contributed by atoms with Crippen LogP contribution in [0.2, 0.25) is 4.34 Å². The van der Waals surface area contributed by atoms with Gasteiger partial charge in [-0.2, -0.15) is 0 Å². The van der Waals surface area contributed by atoms with Crippen LogP contribution in [0, 0.1) is 5.41 Å². The third kappa shape index (κ3) is 3.09. The number of hydrogen-bond donors (Lipinski definition) is 1. The molecule has 2 N–H and O–H groups in total. The number of rotatable bonds is 2. The Morgan fingerprint density at radius 3 is 2.81 bits per heavy atom. The molecule has 1 aliphatic rings. The zero-order valence-electron chi connectivity index (χ0n) is 9.79. The quantitative estimate of drug-likeness (QED) is 0.794. The van der Waals surface area contributed by atoms with Crippen LogP contribution in [0.4, 0.5) is 0 Å². The summed E-state index contributed by atoms with van der Waals surface area (Å²) in [6.07, 6.45) is 5.48. The molecule has 88 valence electrons. The molecule has 0 saturated carbocycles. The molecule has 0 bridgehead atoms. The molecule has 1 heterocycles. The van der Waals surface area contributed by atoms with Crippen molar-refractivity contribution in [3.63, 3.8) is 0 Å². The number of thiophene rings is 1. The third-order valence-corrected chi connectivity index (χ3v) is 4.20. The lowest BCUT2D eigenvalue weighted by atomic mass is 9.75. The van der Waals surface area contributed by atoms with Gasteiger partial charge in [-0.25, -0.2) is 0 Å². The molecule has 1 aromatic rings. The molecule has 1 aromatic heterocycles. The second-order valence-corrected chi connectivity index (χ2v) is 7.22. The van der Waals surface area contributed by atoms with Crippen LogP contribution in [0.3, 0.4) is 0 Å². The molecule has 0 radical (unpaired) electrons. The van der Waals surface area contributed by atoms with E-state index >= 15 is 0 Å². The van der Waals surface area contributed by atoms with E-state index in [2.05, 4.69) is 26.0 Å². The zero-order valence-corrected chi connectivity index (χ0v) is 11.4. The van der Waals surface area contributed by atoms with Gasteiger partial charge in [0, 0.05) is 17.3 Å². The molecule has 1 unspecified atom stereocenters. The lowest BCUT2D eigenvalue weighted by molar-refractivity contribution is 0.299. The Bertz CT molecular complexity index is 406. The van der Waals surface area contributed by atoms with Gasteiger partial charge in [0.2, 0.25) is 0 Å². The summed E-state index contributed by atoms with van der Waals surface area (Å²) in [6.45, 7) is 4.59. The number of nitrogens with two attached hydrogens (primary N) is 1. The minimum atomic E-state index is 0.217. The zero-order chi connectivity index (χ0) is 11.8. The van der Waals surface area contributed by atoms with E-state index in [-0.39, 0.29) is 6.04 Å². The highest BCUT2D eigenvalue weighted by atomic mass is 35.5. The van der Waals surface area contributed by atoms with Crippen molar-refractivity contribution in [2.45, 2.75) is 39.2 Å². The molecule has 0 saturated heterocycles. The first kappa shape index (κ1) is 12.2. The third-order valence-electron chi connectivity index (χ3n) is 2.97. The Kier molecular flexibility index (Phi) is 3.43. The summed E-state index contributed by atoms with van der Waals surface area (Å²) in [5.74, 6) is 0. The summed E-state index contributed by atoms with van der Waals surface area (Å²) in [5, 5.41) is 0. The number of halogens is 1. The highest BCUT2D eigenvalue weighted by molar-refractivity contribution is 7.16. The van der Waals surface area contributed by atoms with Crippen molar-refractivity contribution >= 4 is 22.9 Å². The van der Waals surface area contributed by atoms with Crippen molar-refractivity contribution in [1.29, 1.82) is 0 Å². The molecule has 0 amide bonds. The first-order chi connectivity index (χ1) is 7.44. The fourth-order valence-corrected chi connectivity index (χ4v) is 3.68. The van der Waals surface area contributed by atoms with Gasteiger partial charge >= 0.3 is 0 Å². The average Bonchev–Trinajstić information content (AvgIpc) is 2.46. The Morgan fingerprint density at radius 1 is 1.50 bits per heavy atom. The van der Waals surface area contributed by atoms with Gasteiger partial charge in [-0.05, 0) is 30.4 Å². The van der Waals surface area contributed by atoms with E-state index in [0.29, 0.717) is 5.41 Å². The predicted octanol–water partition coefficient (Wildman–Crippen LogP) is 4.02. The van der Waals surface area contributed by atoms with Crippen molar-refractivity contribution in [3.05, 3.63) is 33.0 Å². The van der Waals surface area contributed by atoms with Gasteiger partial charge in [0.15, 0.2) is 0 Å². The molecule has 0 aromatic carbocycles. The molecule has 3 heteroatoms. The monoisotopic (exact) mass is 255 g/mol. The van der Waals surface area contributed by atoms with Crippen LogP contribution < -0.4 is 5.73 Å². The molecule has 0 fully saturated rings. The van der Waals surface area contributed by atoms with Crippen molar-refractivity contribution in [1.82, 2.24) is 0 Å². The second kappa shape index (κ2) is 4.52. The molecular weight excluding hydrogens is 238 g/mol. The van der Waals surface area contributed by atoms with Crippen LogP contribution in [0.1, 0.15) is 31.6 Å². The van der Waals surface area contributed by atoms with Crippen LogP contribution in [0.25, 0.3) is 0 Å². The topological polar surface area (TPSA) is 26.0 Å². The molecule has 1 atom stereocenters. The standard InChI is InChI=1S/C13H18ClNS/c1-13(2)7-9(5-10(15)8-13)6-11-3-4-12(14)16-11/h3-5,10H,6-8,15H2,1-2H3. The van der Waals surface area contributed by atoms with Crippen LogP contribution in [0.15, 0.2) is 23.8 Å². The molecule has 2 rings (SSSR count). The van der Waals surface area contributed by atoms with Crippen LogP contribution >= 0.6 is 22.9 Å². The van der Waals surface area contributed by atoms with Crippen molar-refractivity contribution < 1.29 is 0 Å². The molecular formula is C13H18ClNS. The highest BCUT2D eigenvalue weighted by Crippen LogP contribution is 2.36. The maximum absolute atomic E-state index is 6.06. The summed E-state index contributed by atoms with van der Waals surface area (Å²) >= 11 is 7.60. The summed E-state index contributed by atoms with van der Waals surface area (Å²) in [6, 6.07) is 4.30. The lowest BCUT2D eigenvalue weighted by Crippen LogP contribution is -2.31. The maximum atomic E-state index is 6.06. The largest absolute Gasteiger partial charge is 0.324 e. The van der Waals surface area contributed by atoms with E-state index in [1.807, 2.05) is 6.07 Å². The molecule has 1 aliphatic carbocycles. The Morgan fingerprint density at radius 2 is 2.25 bits per heavy atom. The smallest absolute Gasteiger partial charge is 0.0931 e. The highest BCUT2D eigenvalue weighted by Gasteiger charge is 2.26. The van der Waals surface area contributed by atoms with E-state index in [0.717, 1.165) is 23.6 Å². The average molecular weight is 256 g/mol. The number of allylic oxidation sites excluding steroid dienone is 1. The van der Waals surface area contributed by atoms with Gasteiger partial charge in [0.25, 0.3) is 0 Å². The first-order valence-corrected chi connectivity index (χ1v) is 6.83. The van der Waals surface area contributed by atoms with E-state index in [1.165, 1.54) is 10.5 Å². The summed E-state index contributed by atoms with van der Waals surface area (Å²) < 4.78 is 0.870. The molecule has 16 heavy (non-hydrogen) atoms. The van der Waals surface area contributed by atoms with Gasteiger partial charge in [0.05, 0.1) is 4.34 Å². The van der Waals surface area contributed by atoms with E-state index in [9.17, 15) is 0 Å². The van der Waals surface area contributed by atoms with Gasteiger partial charge in [-0.3, -0.25) is 0 Å². The first-order valence-electron chi connectivity index (χ1n) is 5.64. The minimum Gasteiger partial charge on any atom is -0.324 e. The van der Waals surface area contributed by atoms with Crippen LogP contribution in [-0.2, 0) is 6.42 Å². The predicted molar refractivity (Wildman–Crippen MR) is 72.1 cm³/mol. The van der Waals surface area contributed by atoms with Gasteiger partial charge in [-0.15, -0.1) is 11.3 Å². The molecule has 0 aliphatic heterocycles. The fourth-order valence-electron chi connectivity index (χ4n) is 2.54. The van der Waals surface area contributed by atoms with Crippen molar-refractivity contribution in [2.24, 2.45) is 11.1 Å². The van der Waals surface area contributed by atoms with Crippen LogP contribution in [-0.4, -0.2) is 6.04 Å². The van der Waals surface area contributed by atoms with Crippen LogP contribution in [0.5, 0.6) is 0 Å². The molecule has 0 spiro atoms. The van der Waals surface area contributed by atoms with Gasteiger partial charge in [-0.1, -0.05) is 37.1 Å². The van der Waals surface area contributed by atoms with Gasteiger partial charge in [0.1, 0.15) is 0 Å². The fraction of sp³-hybridized carbons (Fsp3) is 0.538. The summed E-state index contributed by atoms with van der Waals surface area (Å²) in [7, 11) is 0. The van der Waals surface area contributed by atoms with Gasteiger partial charge < -0.3 is 5.73 Å². The van der Waals surface area contributed by atoms with E-state index < -0.39 is 0 Å². The Balaban J connectivity index is 2.10. The van der Waals surface area contributed by atoms with Crippen molar-refractivity contribution in [2.75, 3.05) is 0 Å². The summed E-state index contributed by atoms with van der Waals surface area (Å²) in [4.78, 5) is 1.33. The SMILES string of the molecule is CC1(C)CC(Cc2ccc(Cl)s2)=CC(N)C1. The maximum Gasteiger partial charge on any atom is 0.0931 e. The van der Waals surface area contributed by atoms with E-state index in [1.54, 1.807) is 11.3 Å².